The summed E-state index contributed by atoms with van der Waals surface area (Å²) >= 11 is 0. The van der Waals surface area contributed by atoms with Gasteiger partial charge in [-0.15, -0.1) is 0 Å². The Morgan fingerprint density at radius 1 is 1.00 bits per heavy atom. The fourth-order valence-electron chi connectivity index (χ4n) is 2.81. The van der Waals surface area contributed by atoms with Gasteiger partial charge in [-0.2, -0.15) is 0 Å². The van der Waals surface area contributed by atoms with E-state index in [2.05, 4.69) is 37.4 Å². The number of aromatic nitrogens is 2. The van der Waals surface area contributed by atoms with Crippen molar-refractivity contribution in [1.29, 1.82) is 0 Å². The predicted molar refractivity (Wildman–Crippen MR) is 83.1 cm³/mol. The fourth-order valence-corrected chi connectivity index (χ4v) is 2.81. The van der Waals surface area contributed by atoms with Gasteiger partial charge in [-0.1, -0.05) is 12.1 Å². The summed E-state index contributed by atoms with van der Waals surface area (Å²) in [5.41, 5.74) is 6.24. The van der Waals surface area contributed by atoms with E-state index >= 15 is 0 Å². The van der Waals surface area contributed by atoms with Crippen molar-refractivity contribution in [3.05, 3.63) is 40.6 Å². The van der Waals surface area contributed by atoms with E-state index in [1.54, 1.807) is 0 Å². The molecule has 0 unspecified atom stereocenters. The van der Waals surface area contributed by atoms with Crippen LogP contribution in [-0.4, -0.2) is 17.0 Å². The zero-order chi connectivity index (χ0) is 14.1. The molecule has 0 radical (unpaired) electrons. The molecule has 1 aromatic carbocycles. The highest BCUT2D eigenvalue weighted by Gasteiger charge is 2.17. The van der Waals surface area contributed by atoms with Crippen LogP contribution in [0.15, 0.2) is 18.2 Å². The maximum Gasteiger partial charge on any atom is 0.161 e. The molecule has 0 aliphatic heterocycles. The van der Waals surface area contributed by atoms with Crippen LogP contribution < -0.4 is 5.32 Å². The molecule has 0 amide bonds. The summed E-state index contributed by atoms with van der Waals surface area (Å²) in [6, 6.07) is 6.44. The van der Waals surface area contributed by atoms with Gasteiger partial charge in [0.1, 0.15) is 5.82 Å². The molecule has 3 nitrogen and oxygen atoms in total. The van der Waals surface area contributed by atoms with Gasteiger partial charge in [-0.3, -0.25) is 0 Å². The lowest BCUT2D eigenvalue weighted by atomic mass is 9.96. The molecule has 1 aromatic heterocycles. The minimum atomic E-state index is 0.845. The second kappa shape index (κ2) is 5.23. The molecule has 3 rings (SSSR count). The molecule has 1 aliphatic carbocycles. The van der Waals surface area contributed by atoms with Crippen molar-refractivity contribution in [3.8, 4) is 11.4 Å². The Morgan fingerprint density at radius 2 is 1.80 bits per heavy atom. The van der Waals surface area contributed by atoms with Gasteiger partial charge in [0.05, 0.1) is 0 Å². The minimum absolute atomic E-state index is 0.845. The fraction of sp³-hybridized carbons (Fsp3) is 0.412. The van der Waals surface area contributed by atoms with E-state index in [4.69, 9.17) is 9.97 Å². The van der Waals surface area contributed by atoms with Crippen molar-refractivity contribution in [2.24, 2.45) is 0 Å². The molecule has 20 heavy (non-hydrogen) atoms. The van der Waals surface area contributed by atoms with Crippen molar-refractivity contribution >= 4 is 5.82 Å². The average Bonchev–Trinajstić information content (AvgIpc) is 2.49. The first-order valence-corrected chi connectivity index (χ1v) is 7.34. The maximum atomic E-state index is 4.81. The molecule has 0 bridgehead atoms. The summed E-state index contributed by atoms with van der Waals surface area (Å²) in [4.78, 5) is 9.54. The largest absolute Gasteiger partial charge is 0.373 e. The molecule has 0 saturated heterocycles. The number of rotatable bonds is 2. The summed E-state index contributed by atoms with van der Waals surface area (Å²) in [5, 5.41) is 3.24. The molecule has 104 valence electrons. The Bertz CT molecular complexity index is 630. The lowest BCUT2D eigenvalue weighted by molar-refractivity contribution is 0.665. The lowest BCUT2D eigenvalue weighted by Gasteiger charge is -2.19. The summed E-state index contributed by atoms with van der Waals surface area (Å²) in [6.07, 6.45) is 4.65. The first-order valence-electron chi connectivity index (χ1n) is 7.34. The van der Waals surface area contributed by atoms with Crippen LogP contribution >= 0.6 is 0 Å². The van der Waals surface area contributed by atoms with Gasteiger partial charge in [0.15, 0.2) is 5.82 Å². The first-order chi connectivity index (χ1) is 9.69. The highest BCUT2D eigenvalue weighted by atomic mass is 15.0. The second-order valence-corrected chi connectivity index (χ2v) is 5.58. The molecular formula is C17H21N3. The summed E-state index contributed by atoms with van der Waals surface area (Å²) in [7, 11) is 1.95. The zero-order valence-corrected chi connectivity index (χ0v) is 12.5. The predicted octanol–water partition coefficient (Wildman–Crippen LogP) is 3.68. The van der Waals surface area contributed by atoms with Crippen LogP contribution in [0.5, 0.6) is 0 Å². The smallest absolute Gasteiger partial charge is 0.161 e. The third-order valence-corrected chi connectivity index (χ3v) is 4.19. The van der Waals surface area contributed by atoms with Gasteiger partial charge >= 0.3 is 0 Å². The van der Waals surface area contributed by atoms with Crippen LogP contribution in [0, 0.1) is 13.8 Å². The monoisotopic (exact) mass is 267 g/mol. The van der Waals surface area contributed by atoms with E-state index in [9.17, 15) is 0 Å². The number of benzene rings is 1. The van der Waals surface area contributed by atoms with E-state index in [0.717, 1.165) is 30.0 Å². The third-order valence-electron chi connectivity index (χ3n) is 4.19. The molecule has 0 atom stereocenters. The van der Waals surface area contributed by atoms with E-state index < -0.39 is 0 Å². The molecule has 1 N–H and O–H groups in total. The van der Waals surface area contributed by atoms with E-state index in [1.807, 2.05) is 7.05 Å². The topological polar surface area (TPSA) is 37.8 Å². The first kappa shape index (κ1) is 13.1. The van der Waals surface area contributed by atoms with Crippen LogP contribution in [0.25, 0.3) is 11.4 Å². The molecule has 0 saturated carbocycles. The Kier molecular flexibility index (Phi) is 3.43. The summed E-state index contributed by atoms with van der Waals surface area (Å²) in [6.45, 7) is 4.27. The van der Waals surface area contributed by atoms with Crippen molar-refractivity contribution in [1.82, 2.24) is 9.97 Å². The molecular weight excluding hydrogens is 246 g/mol. The van der Waals surface area contributed by atoms with Gasteiger partial charge in [0, 0.05) is 23.9 Å². The second-order valence-electron chi connectivity index (χ2n) is 5.58. The molecule has 2 aromatic rings. The molecule has 0 spiro atoms. The van der Waals surface area contributed by atoms with Crippen molar-refractivity contribution < 1.29 is 0 Å². The van der Waals surface area contributed by atoms with E-state index in [-0.39, 0.29) is 0 Å². The third kappa shape index (κ3) is 2.28. The summed E-state index contributed by atoms with van der Waals surface area (Å²) < 4.78 is 0. The molecule has 3 heteroatoms. The molecule has 0 fully saturated rings. The Hall–Kier alpha value is -1.90. The number of hydrogen-bond acceptors (Lipinski definition) is 3. The molecule has 1 heterocycles. The Morgan fingerprint density at radius 3 is 2.55 bits per heavy atom. The normalized spacial score (nSPS) is 13.9. The van der Waals surface area contributed by atoms with Crippen LogP contribution in [-0.2, 0) is 12.8 Å². The quantitative estimate of drug-likeness (QED) is 0.902. The van der Waals surface area contributed by atoms with Crippen molar-refractivity contribution in [3.63, 3.8) is 0 Å². The SMILES string of the molecule is CNc1nc(-c2ccc(C)c(C)c2)nc2c1CCCC2. The van der Waals surface area contributed by atoms with E-state index in [1.165, 1.54) is 35.2 Å². The van der Waals surface area contributed by atoms with Crippen LogP contribution in [0.4, 0.5) is 5.82 Å². The maximum absolute atomic E-state index is 4.81. The number of aryl methyl sites for hydroxylation is 3. The minimum Gasteiger partial charge on any atom is -0.373 e. The number of hydrogen-bond donors (Lipinski definition) is 1. The zero-order valence-electron chi connectivity index (χ0n) is 12.5. The van der Waals surface area contributed by atoms with Crippen molar-refractivity contribution in [2.45, 2.75) is 39.5 Å². The van der Waals surface area contributed by atoms with Gasteiger partial charge in [0.2, 0.25) is 0 Å². The summed E-state index contributed by atoms with van der Waals surface area (Å²) in [5.74, 6) is 1.85. The number of fused-ring (bicyclic) bond motifs is 1. The van der Waals surface area contributed by atoms with Crippen molar-refractivity contribution in [2.75, 3.05) is 12.4 Å². The highest BCUT2D eigenvalue weighted by molar-refractivity contribution is 5.61. The highest BCUT2D eigenvalue weighted by Crippen LogP contribution is 2.28. The lowest BCUT2D eigenvalue weighted by Crippen LogP contribution is -2.12. The van der Waals surface area contributed by atoms with Crippen LogP contribution in [0.1, 0.15) is 35.2 Å². The number of anilines is 1. The van der Waals surface area contributed by atoms with Gasteiger partial charge in [0.25, 0.3) is 0 Å². The van der Waals surface area contributed by atoms with Gasteiger partial charge in [-0.25, -0.2) is 9.97 Å². The van der Waals surface area contributed by atoms with E-state index in [0.29, 0.717) is 0 Å². The molecule has 1 aliphatic rings. The van der Waals surface area contributed by atoms with Gasteiger partial charge < -0.3 is 5.32 Å². The standard InChI is InChI=1S/C17H21N3/c1-11-8-9-13(10-12(11)2)16-19-15-7-5-4-6-14(15)17(18-3)20-16/h8-10H,4-7H2,1-3H3,(H,18,19,20). The van der Waals surface area contributed by atoms with Crippen LogP contribution in [0.2, 0.25) is 0 Å². The number of nitrogens with zero attached hydrogens (tertiary/aromatic N) is 2. The Balaban J connectivity index is 2.11. The van der Waals surface area contributed by atoms with Gasteiger partial charge in [-0.05, 0) is 56.7 Å². The van der Waals surface area contributed by atoms with Crippen LogP contribution in [0.3, 0.4) is 0 Å². The number of nitrogens with one attached hydrogen (secondary N) is 1. The Labute approximate surface area is 120 Å². The average molecular weight is 267 g/mol.